The molecule has 1 aromatic carbocycles. The number of benzene rings is 1. The average Bonchev–Trinajstić information content (AvgIpc) is 2.05. The van der Waals surface area contributed by atoms with Crippen molar-refractivity contribution in [1.29, 1.82) is 0 Å². The molecule has 0 aliphatic rings. The van der Waals surface area contributed by atoms with Crippen LogP contribution in [0.5, 0.6) is 0 Å². The highest BCUT2D eigenvalue weighted by molar-refractivity contribution is 7.80. The molecule has 0 amide bonds. The number of hydrogen-bond acceptors (Lipinski definition) is 2. The smallest absolute Gasteiger partial charge is 0.163 e. The van der Waals surface area contributed by atoms with Gasteiger partial charge < -0.3 is 0 Å². The Morgan fingerprint density at radius 3 is 2.67 bits per heavy atom. The van der Waals surface area contributed by atoms with Crippen molar-refractivity contribution in [2.24, 2.45) is 0 Å². The summed E-state index contributed by atoms with van der Waals surface area (Å²) in [7, 11) is 0. The largest absolute Gasteiger partial charge is 0.294 e. The maximum Gasteiger partial charge on any atom is 0.163 e. The number of thiol groups is 1. The average molecular weight is 180 g/mol. The summed E-state index contributed by atoms with van der Waals surface area (Å²) in [4.78, 5) is 11.4. The van der Waals surface area contributed by atoms with Gasteiger partial charge in [-0.2, -0.15) is 12.6 Å². The predicted molar refractivity (Wildman–Crippen MR) is 54.0 cm³/mol. The monoisotopic (exact) mass is 180 g/mol. The number of carbonyl (C=O) groups excluding carboxylic acids is 1. The second kappa shape index (κ2) is 4.31. The van der Waals surface area contributed by atoms with Gasteiger partial charge in [0.1, 0.15) is 0 Å². The van der Waals surface area contributed by atoms with Crippen LogP contribution in [0, 0.1) is 6.92 Å². The molecular formula is C10H12OS. The van der Waals surface area contributed by atoms with E-state index in [2.05, 4.69) is 12.6 Å². The Balaban J connectivity index is 2.87. The predicted octanol–water partition coefficient (Wildman–Crippen LogP) is 2.50. The van der Waals surface area contributed by atoms with Crippen LogP contribution in [0.15, 0.2) is 24.3 Å². The van der Waals surface area contributed by atoms with Gasteiger partial charge in [0.2, 0.25) is 0 Å². The first kappa shape index (κ1) is 9.33. The second-order valence-electron chi connectivity index (χ2n) is 2.71. The Labute approximate surface area is 78.2 Å². The molecular weight excluding hydrogens is 168 g/mol. The van der Waals surface area contributed by atoms with Crippen molar-refractivity contribution in [1.82, 2.24) is 0 Å². The molecule has 0 saturated heterocycles. The lowest BCUT2D eigenvalue weighted by Gasteiger charge is -2.01. The van der Waals surface area contributed by atoms with Gasteiger partial charge in [0.25, 0.3) is 0 Å². The molecule has 2 heteroatoms. The molecule has 0 aromatic heterocycles. The van der Waals surface area contributed by atoms with Crippen molar-refractivity contribution in [3.05, 3.63) is 35.4 Å². The number of carbonyl (C=O) groups is 1. The van der Waals surface area contributed by atoms with E-state index in [0.29, 0.717) is 12.2 Å². The van der Waals surface area contributed by atoms with Gasteiger partial charge in [-0.1, -0.05) is 24.3 Å². The van der Waals surface area contributed by atoms with Crippen molar-refractivity contribution in [2.75, 3.05) is 5.75 Å². The van der Waals surface area contributed by atoms with Gasteiger partial charge in [0.05, 0.1) is 0 Å². The van der Waals surface area contributed by atoms with Crippen LogP contribution in [0.25, 0.3) is 0 Å². The highest BCUT2D eigenvalue weighted by atomic mass is 32.1. The van der Waals surface area contributed by atoms with Gasteiger partial charge in [0.15, 0.2) is 5.78 Å². The van der Waals surface area contributed by atoms with E-state index in [1.165, 1.54) is 0 Å². The van der Waals surface area contributed by atoms with Crippen molar-refractivity contribution in [2.45, 2.75) is 13.3 Å². The Morgan fingerprint density at radius 2 is 2.08 bits per heavy atom. The molecule has 12 heavy (non-hydrogen) atoms. The highest BCUT2D eigenvalue weighted by Crippen LogP contribution is 2.09. The fraction of sp³-hybridized carbons (Fsp3) is 0.300. The summed E-state index contributed by atoms with van der Waals surface area (Å²) in [5.41, 5.74) is 1.87. The summed E-state index contributed by atoms with van der Waals surface area (Å²) in [5, 5.41) is 0. The molecule has 0 saturated carbocycles. The molecule has 1 nitrogen and oxygen atoms in total. The Morgan fingerprint density at radius 1 is 1.42 bits per heavy atom. The van der Waals surface area contributed by atoms with Crippen molar-refractivity contribution < 1.29 is 4.79 Å². The zero-order valence-electron chi connectivity index (χ0n) is 7.08. The molecule has 0 N–H and O–H groups in total. The molecule has 0 bridgehead atoms. The molecule has 0 heterocycles. The molecule has 0 atom stereocenters. The minimum Gasteiger partial charge on any atom is -0.294 e. The van der Waals surface area contributed by atoms with Gasteiger partial charge in [-0.25, -0.2) is 0 Å². The molecule has 1 rings (SSSR count). The summed E-state index contributed by atoms with van der Waals surface area (Å²) in [6.45, 7) is 1.95. The molecule has 64 valence electrons. The summed E-state index contributed by atoms with van der Waals surface area (Å²) in [6, 6.07) is 7.64. The minimum absolute atomic E-state index is 0.183. The molecule has 0 spiro atoms. The highest BCUT2D eigenvalue weighted by Gasteiger charge is 2.05. The van der Waals surface area contributed by atoms with E-state index >= 15 is 0 Å². The van der Waals surface area contributed by atoms with Gasteiger partial charge >= 0.3 is 0 Å². The number of ketones is 1. The number of Topliss-reactive ketones (excluding diaryl/α,β-unsaturated/α-hetero) is 1. The van der Waals surface area contributed by atoms with Crippen LogP contribution in [0.1, 0.15) is 22.3 Å². The minimum atomic E-state index is 0.183. The topological polar surface area (TPSA) is 17.1 Å². The Kier molecular flexibility index (Phi) is 3.35. The summed E-state index contributed by atoms with van der Waals surface area (Å²) in [6.07, 6.45) is 0.522. The van der Waals surface area contributed by atoms with Gasteiger partial charge in [-0.05, 0) is 18.2 Å². The lowest BCUT2D eigenvalue weighted by atomic mass is 10.0. The third-order valence-electron chi connectivity index (χ3n) is 1.78. The van der Waals surface area contributed by atoms with E-state index in [1.54, 1.807) is 0 Å². The first-order chi connectivity index (χ1) is 5.75. The quantitative estimate of drug-likeness (QED) is 0.558. The van der Waals surface area contributed by atoms with Crippen LogP contribution in [-0.4, -0.2) is 11.5 Å². The van der Waals surface area contributed by atoms with Crippen LogP contribution >= 0.6 is 12.6 Å². The molecule has 0 aliphatic carbocycles. The zero-order valence-corrected chi connectivity index (χ0v) is 7.97. The third kappa shape index (κ3) is 2.11. The van der Waals surface area contributed by atoms with Crippen LogP contribution in [0.4, 0.5) is 0 Å². The SMILES string of the molecule is Cc1ccccc1C(=O)CCS. The van der Waals surface area contributed by atoms with E-state index < -0.39 is 0 Å². The van der Waals surface area contributed by atoms with Gasteiger partial charge in [-0.15, -0.1) is 0 Å². The molecule has 1 aromatic rings. The van der Waals surface area contributed by atoms with E-state index in [-0.39, 0.29) is 5.78 Å². The first-order valence-corrected chi connectivity index (χ1v) is 4.58. The fourth-order valence-electron chi connectivity index (χ4n) is 1.12. The van der Waals surface area contributed by atoms with E-state index in [0.717, 1.165) is 11.1 Å². The summed E-state index contributed by atoms with van der Waals surface area (Å²) < 4.78 is 0. The zero-order chi connectivity index (χ0) is 8.97. The van der Waals surface area contributed by atoms with Crippen LogP contribution in [0.3, 0.4) is 0 Å². The third-order valence-corrected chi connectivity index (χ3v) is 2.01. The second-order valence-corrected chi connectivity index (χ2v) is 3.16. The normalized spacial score (nSPS) is 9.83. The van der Waals surface area contributed by atoms with E-state index in [4.69, 9.17) is 0 Å². The number of aryl methyl sites for hydroxylation is 1. The van der Waals surface area contributed by atoms with Crippen molar-refractivity contribution in [3.8, 4) is 0 Å². The molecule has 0 unspecified atom stereocenters. The maximum atomic E-state index is 11.4. The number of hydrogen-bond donors (Lipinski definition) is 1. The van der Waals surface area contributed by atoms with Crippen LogP contribution < -0.4 is 0 Å². The molecule has 0 fully saturated rings. The number of rotatable bonds is 3. The summed E-state index contributed by atoms with van der Waals surface area (Å²) >= 11 is 4.02. The van der Waals surface area contributed by atoms with Crippen molar-refractivity contribution in [3.63, 3.8) is 0 Å². The van der Waals surface area contributed by atoms with E-state index in [9.17, 15) is 4.79 Å². The van der Waals surface area contributed by atoms with Crippen LogP contribution in [-0.2, 0) is 0 Å². The van der Waals surface area contributed by atoms with Crippen LogP contribution in [0.2, 0.25) is 0 Å². The summed E-state index contributed by atoms with van der Waals surface area (Å²) in [5.74, 6) is 0.802. The van der Waals surface area contributed by atoms with Crippen molar-refractivity contribution >= 4 is 18.4 Å². The lowest BCUT2D eigenvalue weighted by Crippen LogP contribution is -2.01. The van der Waals surface area contributed by atoms with E-state index in [1.807, 2.05) is 31.2 Å². The lowest BCUT2D eigenvalue weighted by molar-refractivity contribution is 0.0989. The Bertz CT molecular complexity index is 281. The van der Waals surface area contributed by atoms with Gasteiger partial charge in [-0.3, -0.25) is 4.79 Å². The molecule has 0 aliphatic heterocycles. The first-order valence-electron chi connectivity index (χ1n) is 3.95. The standard InChI is InChI=1S/C10H12OS/c1-8-4-2-3-5-9(8)10(11)6-7-12/h2-5,12H,6-7H2,1H3. The Hall–Kier alpha value is -0.760. The fourth-order valence-corrected chi connectivity index (χ4v) is 1.33. The molecule has 0 radical (unpaired) electrons. The maximum absolute atomic E-state index is 11.4. The van der Waals surface area contributed by atoms with Gasteiger partial charge in [0, 0.05) is 12.0 Å².